The van der Waals surface area contributed by atoms with Crippen molar-refractivity contribution in [1.29, 1.82) is 0 Å². The number of hydrogen-bond acceptors (Lipinski definition) is 2. The zero-order valence-electron chi connectivity index (χ0n) is 11.9. The van der Waals surface area contributed by atoms with E-state index in [9.17, 15) is 26.7 Å². The van der Waals surface area contributed by atoms with Crippen molar-refractivity contribution in [1.82, 2.24) is 4.90 Å². The van der Waals surface area contributed by atoms with E-state index in [4.69, 9.17) is 0 Å². The predicted molar refractivity (Wildman–Crippen MR) is 69.7 cm³/mol. The average molecular weight is 322 g/mol. The van der Waals surface area contributed by atoms with Gasteiger partial charge in [0.25, 0.3) is 0 Å². The van der Waals surface area contributed by atoms with Gasteiger partial charge < -0.3 is 5.32 Å². The van der Waals surface area contributed by atoms with Gasteiger partial charge in [-0.1, -0.05) is 6.92 Å². The van der Waals surface area contributed by atoms with Crippen LogP contribution in [-0.4, -0.2) is 30.4 Å². The number of anilines is 1. The molecule has 1 aliphatic heterocycles. The number of rotatable bonds is 3. The minimum absolute atomic E-state index is 0.161. The first-order chi connectivity index (χ1) is 10.3. The van der Waals surface area contributed by atoms with Crippen LogP contribution in [0.15, 0.2) is 0 Å². The van der Waals surface area contributed by atoms with E-state index in [0.717, 1.165) is 12.8 Å². The lowest BCUT2D eigenvalue weighted by atomic mass is 9.99. The Morgan fingerprint density at radius 1 is 1.00 bits per heavy atom. The van der Waals surface area contributed by atoms with E-state index in [1.807, 2.05) is 0 Å². The summed E-state index contributed by atoms with van der Waals surface area (Å²) in [7, 11) is 0. The van der Waals surface area contributed by atoms with Crippen LogP contribution in [0.1, 0.15) is 19.8 Å². The Labute approximate surface area is 124 Å². The molecule has 0 aromatic heterocycles. The first-order valence-electron chi connectivity index (χ1n) is 6.85. The number of piperidine rings is 1. The molecule has 2 rings (SSSR count). The minimum atomic E-state index is -2.25. The van der Waals surface area contributed by atoms with Gasteiger partial charge in [-0.2, -0.15) is 0 Å². The summed E-state index contributed by atoms with van der Waals surface area (Å²) in [5.74, 6) is -10.8. The maximum atomic E-state index is 13.4. The molecule has 0 saturated carbocycles. The molecule has 1 aromatic rings. The zero-order valence-corrected chi connectivity index (χ0v) is 11.9. The SMILES string of the molecule is CC1CCN(CC(=O)Nc2c(F)c(F)c(F)c(F)c2F)CC1. The maximum absolute atomic E-state index is 13.4. The molecule has 0 aliphatic carbocycles. The number of carbonyl (C=O) groups excluding carboxylic acids is 1. The fourth-order valence-electron chi connectivity index (χ4n) is 2.32. The molecular formula is C14H15F5N2O. The Hall–Kier alpha value is -1.70. The molecule has 1 saturated heterocycles. The molecule has 3 nitrogen and oxygen atoms in total. The van der Waals surface area contributed by atoms with Crippen molar-refractivity contribution in [2.75, 3.05) is 25.0 Å². The largest absolute Gasteiger partial charge is 0.320 e. The summed E-state index contributed by atoms with van der Waals surface area (Å²) >= 11 is 0. The van der Waals surface area contributed by atoms with Gasteiger partial charge >= 0.3 is 0 Å². The molecular weight excluding hydrogens is 307 g/mol. The zero-order chi connectivity index (χ0) is 16.4. The quantitative estimate of drug-likeness (QED) is 0.527. The molecule has 0 atom stereocenters. The Kier molecular flexibility index (Phi) is 5.00. The van der Waals surface area contributed by atoms with E-state index in [2.05, 4.69) is 6.92 Å². The summed E-state index contributed by atoms with van der Waals surface area (Å²) in [5.41, 5.74) is -1.31. The summed E-state index contributed by atoms with van der Waals surface area (Å²) in [6.45, 7) is 3.20. The van der Waals surface area contributed by atoms with Crippen molar-refractivity contribution in [3.8, 4) is 0 Å². The molecule has 122 valence electrons. The van der Waals surface area contributed by atoms with Gasteiger partial charge in [0.05, 0.1) is 6.54 Å². The smallest absolute Gasteiger partial charge is 0.238 e. The summed E-state index contributed by atoms with van der Waals surface area (Å²) < 4.78 is 65.8. The van der Waals surface area contributed by atoms with E-state index in [-0.39, 0.29) is 6.54 Å². The predicted octanol–water partition coefficient (Wildman–Crippen LogP) is 3.05. The first-order valence-corrected chi connectivity index (χ1v) is 6.85. The van der Waals surface area contributed by atoms with Crippen molar-refractivity contribution in [2.45, 2.75) is 19.8 Å². The molecule has 1 heterocycles. The minimum Gasteiger partial charge on any atom is -0.320 e. The van der Waals surface area contributed by atoms with Crippen molar-refractivity contribution >= 4 is 11.6 Å². The van der Waals surface area contributed by atoms with Crippen LogP contribution in [0.25, 0.3) is 0 Å². The lowest BCUT2D eigenvalue weighted by molar-refractivity contribution is -0.117. The lowest BCUT2D eigenvalue weighted by Gasteiger charge is -2.29. The van der Waals surface area contributed by atoms with E-state index in [1.54, 1.807) is 10.2 Å². The van der Waals surface area contributed by atoms with E-state index < -0.39 is 40.7 Å². The first kappa shape index (κ1) is 16.7. The molecule has 0 unspecified atom stereocenters. The van der Waals surface area contributed by atoms with Crippen molar-refractivity contribution < 1.29 is 26.7 Å². The van der Waals surface area contributed by atoms with Crippen LogP contribution in [0.4, 0.5) is 27.6 Å². The molecule has 1 amide bonds. The van der Waals surface area contributed by atoms with Gasteiger partial charge in [-0.05, 0) is 31.8 Å². The topological polar surface area (TPSA) is 32.3 Å². The van der Waals surface area contributed by atoms with Crippen molar-refractivity contribution in [2.24, 2.45) is 5.92 Å². The Morgan fingerprint density at radius 3 is 1.95 bits per heavy atom. The molecule has 22 heavy (non-hydrogen) atoms. The number of likely N-dealkylation sites (tertiary alicyclic amines) is 1. The second-order valence-electron chi connectivity index (χ2n) is 5.45. The van der Waals surface area contributed by atoms with Gasteiger partial charge in [0.1, 0.15) is 5.69 Å². The Bertz CT molecular complexity index is 556. The maximum Gasteiger partial charge on any atom is 0.238 e. The monoisotopic (exact) mass is 322 g/mol. The van der Waals surface area contributed by atoms with Crippen LogP contribution in [0.2, 0.25) is 0 Å². The molecule has 8 heteroatoms. The van der Waals surface area contributed by atoms with Crippen LogP contribution in [0.5, 0.6) is 0 Å². The Balaban J connectivity index is 2.09. The Morgan fingerprint density at radius 2 is 1.45 bits per heavy atom. The number of amides is 1. The van der Waals surface area contributed by atoms with Crippen LogP contribution in [-0.2, 0) is 4.79 Å². The second kappa shape index (κ2) is 6.60. The van der Waals surface area contributed by atoms with Crippen LogP contribution >= 0.6 is 0 Å². The second-order valence-corrected chi connectivity index (χ2v) is 5.45. The summed E-state index contributed by atoms with van der Waals surface area (Å²) in [6, 6.07) is 0. The van der Waals surface area contributed by atoms with Crippen LogP contribution in [0, 0.1) is 35.0 Å². The highest BCUT2D eigenvalue weighted by Gasteiger charge is 2.27. The highest BCUT2D eigenvalue weighted by molar-refractivity contribution is 5.92. The highest BCUT2D eigenvalue weighted by Crippen LogP contribution is 2.27. The van der Waals surface area contributed by atoms with Gasteiger partial charge in [0, 0.05) is 0 Å². The highest BCUT2D eigenvalue weighted by atomic mass is 19.2. The fourth-order valence-corrected chi connectivity index (χ4v) is 2.32. The third-order valence-corrected chi connectivity index (χ3v) is 3.72. The number of carbonyl (C=O) groups is 1. The summed E-state index contributed by atoms with van der Waals surface area (Å²) in [5, 5.41) is 1.77. The third kappa shape index (κ3) is 3.37. The molecule has 1 fully saturated rings. The standard InChI is InChI=1S/C14H15F5N2O/c1-7-2-4-21(5-3-7)6-8(22)20-14-12(18)10(16)9(15)11(17)13(14)19/h7H,2-6H2,1H3,(H,20,22). The van der Waals surface area contributed by atoms with Gasteiger partial charge in [-0.15, -0.1) is 0 Å². The van der Waals surface area contributed by atoms with Crippen LogP contribution in [0.3, 0.4) is 0 Å². The fraction of sp³-hybridized carbons (Fsp3) is 0.500. The molecule has 1 aliphatic rings. The summed E-state index contributed by atoms with van der Waals surface area (Å²) in [4.78, 5) is 13.5. The third-order valence-electron chi connectivity index (χ3n) is 3.72. The molecule has 1 aromatic carbocycles. The normalized spacial score (nSPS) is 16.8. The number of nitrogens with one attached hydrogen (secondary N) is 1. The van der Waals surface area contributed by atoms with E-state index >= 15 is 0 Å². The molecule has 0 radical (unpaired) electrons. The average Bonchev–Trinajstić information content (AvgIpc) is 2.50. The van der Waals surface area contributed by atoms with Gasteiger partial charge in [-0.25, -0.2) is 22.0 Å². The molecule has 0 bridgehead atoms. The van der Waals surface area contributed by atoms with Crippen molar-refractivity contribution in [3.05, 3.63) is 29.1 Å². The number of hydrogen-bond donors (Lipinski definition) is 1. The number of nitrogens with zero attached hydrogens (tertiary/aromatic N) is 1. The van der Waals surface area contributed by atoms with Gasteiger partial charge in [0.2, 0.25) is 11.7 Å². The number of benzene rings is 1. The number of halogens is 5. The van der Waals surface area contributed by atoms with Gasteiger partial charge in [-0.3, -0.25) is 9.69 Å². The van der Waals surface area contributed by atoms with Crippen LogP contribution < -0.4 is 5.32 Å². The molecule has 0 spiro atoms. The van der Waals surface area contributed by atoms with Gasteiger partial charge in [0.15, 0.2) is 23.3 Å². The van der Waals surface area contributed by atoms with Crippen molar-refractivity contribution in [3.63, 3.8) is 0 Å². The lowest BCUT2D eigenvalue weighted by Crippen LogP contribution is -2.39. The molecule has 1 N–H and O–H groups in total. The van der Waals surface area contributed by atoms with E-state index in [1.165, 1.54) is 0 Å². The van der Waals surface area contributed by atoms with E-state index in [0.29, 0.717) is 19.0 Å². The summed E-state index contributed by atoms with van der Waals surface area (Å²) in [6.07, 6.45) is 1.77.